The standard InChI is InChI=1S/C21H24O6/c1-24-18-7-5-14(11-20(18)26-3)16-10-15(21(23)27-12-16)8-13-4-6-17(22)19(9-13)25-2/h4-7,9,11,15-16,22H,8,10,12H2,1-3H3/t15-,16+/m0/s1. The second-order valence-corrected chi connectivity index (χ2v) is 6.58. The molecular weight excluding hydrogens is 348 g/mol. The van der Waals surface area contributed by atoms with Gasteiger partial charge in [0.2, 0.25) is 0 Å². The lowest BCUT2D eigenvalue weighted by molar-refractivity contribution is -0.154. The summed E-state index contributed by atoms with van der Waals surface area (Å²) >= 11 is 0. The zero-order chi connectivity index (χ0) is 19.4. The van der Waals surface area contributed by atoms with Crippen LogP contribution in [0, 0.1) is 5.92 Å². The number of carbonyl (C=O) groups is 1. The first-order valence-electron chi connectivity index (χ1n) is 8.80. The molecule has 144 valence electrons. The molecule has 0 aliphatic carbocycles. The van der Waals surface area contributed by atoms with Crippen LogP contribution in [0.1, 0.15) is 23.5 Å². The molecule has 6 nitrogen and oxygen atoms in total. The molecule has 0 saturated carbocycles. The molecule has 1 fully saturated rings. The van der Waals surface area contributed by atoms with Gasteiger partial charge < -0.3 is 24.1 Å². The molecule has 0 amide bonds. The Balaban J connectivity index is 1.77. The summed E-state index contributed by atoms with van der Waals surface area (Å²) < 4.78 is 21.3. The van der Waals surface area contributed by atoms with Crippen molar-refractivity contribution in [3.63, 3.8) is 0 Å². The minimum Gasteiger partial charge on any atom is -0.504 e. The second-order valence-electron chi connectivity index (χ2n) is 6.58. The number of aromatic hydroxyl groups is 1. The zero-order valence-corrected chi connectivity index (χ0v) is 15.7. The van der Waals surface area contributed by atoms with Crippen molar-refractivity contribution in [3.8, 4) is 23.0 Å². The Kier molecular flexibility index (Phi) is 5.74. The van der Waals surface area contributed by atoms with Crippen LogP contribution in [0.3, 0.4) is 0 Å². The van der Waals surface area contributed by atoms with Crippen LogP contribution in [0.15, 0.2) is 36.4 Å². The maximum atomic E-state index is 12.3. The van der Waals surface area contributed by atoms with Gasteiger partial charge in [-0.25, -0.2) is 0 Å². The number of cyclic esters (lactones) is 1. The van der Waals surface area contributed by atoms with Crippen molar-refractivity contribution in [3.05, 3.63) is 47.5 Å². The van der Waals surface area contributed by atoms with Crippen molar-refractivity contribution in [1.29, 1.82) is 0 Å². The number of hydrogen-bond acceptors (Lipinski definition) is 6. The van der Waals surface area contributed by atoms with E-state index in [0.717, 1.165) is 11.1 Å². The van der Waals surface area contributed by atoms with E-state index in [0.29, 0.717) is 36.7 Å². The van der Waals surface area contributed by atoms with Crippen molar-refractivity contribution >= 4 is 5.97 Å². The summed E-state index contributed by atoms with van der Waals surface area (Å²) in [7, 11) is 4.70. The monoisotopic (exact) mass is 372 g/mol. The van der Waals surface area contributed by atoms with Crippen molar-refractivity contribution < 1.29 is 28.8 Å². The van der Waals surface area contributed by atoms with E-state index in [9.17, 15) is 9.90 Å². The number of methoxy groups -OCH3 is 3. The van der Waals surface area contributed by atoms with Gasteiger partial charge in [0.25, 0.3) is 0 Å². The Morgan fingerprint density at radius 1 is 1.00 bits per heavy atom. The highest BCUT2D eigenvalue weighted by molar-refractivity contribution is 5.74. The Morgan fingerprint density at radius 3 is 2.44 bits per heavy atom. The van der Waals surface area contributed by atoms with Gasteiger partial charge >= 0.3 is 5.97 Å². The third-order valence-electron chi connectivity index (χ3n) is 4.93. The number of rotatable bonds is 6. The molecule has 2 aromatic carbocycles. The lowest BCUT2D eigenvalue weighted by atomic mass is 9.84. The van der Waals surface area contributed by atoms with E-state index < -0.39 is 0 Å². The predicted molar refractivity (Wildman–Crippen MR) is 99.7 cm³/mol. The average molecular weight is 372 g/mol. The van der Waals surface area contributed by atoms with E-state index in [2.05, 4.69) is 0 Å². The molecule has 0 aromatic heterocycles. The summed E-state index contributed by atoms with van der Waals surface area (Å²) in [6.45, 7) is 0.351. The molecule has 1 N–H and O–H groups in total. The van der Waals surface area contributed by atoms with Crippen molar-refractivity contribution in [2.45, 2.75) is 18.8 Å². The summed E-state index contributed by atoms with van der Waals surface area (Å²) in [5.41, 5.74) is 1.97. The molecule has 27 heavy (non-hydrogen) atoms. The summed E-state index contributed by atoms with van der Waals surface area (Å²) in [6, 6.07) is 10.9. The van der Waals surface area contributed by atoms with E-state index in [4.69, 9.17) is 18.9 Å². The lowest BCUT2D eigenvalue weighted by Crippen LogP contribution is -2.30. The average Bonchev–Trinajstić information content (AvgIpc) is 2.70. The fourth-order valence-corrected chi connectivity index (χ4v) is 3.45. The normalized spacial score (nSPS) is 19.3. The molecule has 1 heterocycles. The van der Waals surface area contributed by atoms with Gasteiger partial charge in [0, 0.05) is 5.92 Å². The van der Waals surface area contributed by atoms with Crippen LogP contribution in [0.4, 0.5) is 0 Å². The highest BCUT2D eigenvalue weighted by Crippen LogP contribution is 2.37. The molecule has 6 heteroatoms. The fraction of sp³-hybridized carbons (Fsp3) is 0.381. The van der Waals surface area contributed by atoms with Gasteiger partial charge in [0.05, 0.1) is 33.9 Å². The number of phenolic OH excluding ortho intramolecular Hbond substituents is 1. The molecule has 0 unspecified atom stereocenters. The highest BCUT2D eigenvalue weighted by atomic mass is 16.5. The Hall–Kier alpha value is -2.89. The Morgan fingerprint density at radius 2 is 1.74 bits per heavy atom. The van der Waals surface area contributed by atoms with Crippen molar-refractivity contribution in [1.82, 2.24) is 0 Å². The van der Waals surface area contributed by atoms with Crippen LogP contribution in [-0.2, 0) is 16.0 Å². The molecule has 2 aromatic rings. The molecule has 2 atom stereocenters. The van der Waals surface area contributed by atoms with Gasteiger partial charge in [-0.1, -0.05) is 12.1 Å². The molecule has 1 aliphatic rings. The zero-order valence-electron chi connectivity index (χ0n) is 15.7. The second kappa shape index (κ2) is 8.20. The predicted octanol–water partition coefficient (Wildman–Crippen LogP) is 3.31. The van der Waals surface area contributed by atoms with Crippen LogP contribution in [0.2, 0.25) is 0 Å². The highest BCUT2D eigenvalue weighted by Gasteiger charge is 2.32. The first-order chi connectivity index (χ1) is 13.0. The topological polar surface area (TPSA) is 74.2 Å². The Bertz CT molecular complexity index is 816. The maximum Gasteiger partial charge on any atom is 0.309 e. The minimum atomic E-state index is -0.258. The molecule has 3 rings (SSSR count). The molecule has 0 bridgehead atoms. The first kappa shape index (κ1) is 18.9. The minimum absolute atomic E-state index is 0.0793. The molecule has 1 saturated heterocycles. The van der Waals surface area contributed by atoms with Crippen LogP contribution in [-0.4, -0.2) is 39.0 Å². The van der Waals surface area contributed by atoms with Crippen LogP contribution >= 0.6 is 0 Å². The van der Waals surface area contributed by atoms with E-state index in [-0.39, 0.29) is 23.6 Å². The summed E-state index contributed by atoms with van der Waals surface area (Å²) in [5.74, 6) is 1.44. The molecule has 0 spiro atoms. The third-order valence-corrected chi connectivity index (χ3v) is 4.93. The van der Waals surface area contributed by atoms with Crippen molar-refractivity contribution in [2.75, 3.05) is 27.9 Å². The molecule has 0 radical (unpaired) electrons. The van der Waals surface area contributed by atoms with Crippen LogP contribution < -0.4 is 14.2 Å². The fourth-order valence-electron chi connectivity index (χ4n) is 3.45. The van der Waals surface area contributed by atoms with E-state index in [1.807, 2.05) is 18.2 Å². The summed E-state index contributed by atoms with van der Waals surface area (Å²) in [6.07, 6.45) is 1.21. The maximum absolute atomic E-state index is 12.3. The van der Waals surface area contributed by atoms with Gasteiger partial charge in [0.1, 0.15) is 0 Å². The smallest absolute Gasteiger partial charge is 0.309 e. The number of carbonyl (C=O) groups excluding carboxylic acids is 1. The largest absolute Gasteiger partial charge is 0.504 e. The molecular formula is C21H24O6. The van der Waals surface area contributed by atoms with Gasteiger partial charge in [-0.3, -0.25) is 4.79 Å². The summed E-state index contributed by atoms with van der Waals surface area (Å²) in [5, 5.41) is 9.74. The SMILES string of the molecule is COc1cc(C[C@H]2C[C@@H](c3ccc(OC)c(OC)c3)COC2=O)ccc1O. The number of phenols is 1. The number of ether oxygens (including phenoxy) is 4. The van der Waals surface area contributed by atoms with Gasteiger partial charge in [-0.2, -0.15) is 0 Å². The lowest BCUT2D eigenvalue weighted by Gasteiger charge is -2.29. The number of benzene rings is 2. The number of hydrogen-bond donors (Lipinski definition) is 1. The van der Waals surface area contributed by atoms with Crippen LogP contribution in [0.5, 0.6) is 23.0 Å². The van der Waals surface area contributed by atoms with Gasteiger partial charge in [-0.15, -0.1) is 0 Å². The third kappa shape index (κ3) is 4.10. The van der Waals surface area contributed by atoms with Crippen LogP contribution in [0.25, 0.3) is 0 Å². The van der Waals surface area contributed by atoms with E-state index >= 15 is 0 Å². The molecule has 1 aliphatic heterocycles. The summed E-state index contributed by atoms with van der Waals surface area (Å²) in [4.78, 5) is 12.3. The van der Waals surface area contributed by atoms with E-state index in [1.54, 1.807) is 32.4 Å². The first-order valence-corrected chi connectivity index (χ1v) is 8.80. The Labute approximate surface area is 158 Å². The van der Waals surface area contributed by atoms with E-state index in [1.165, 1.54) is 7.11 Å². The quantitative estimate of drug-likeness (QED) is 0.784. The van der Waals surface area contributed by atoms with Gasteiger partial charge in [-0.05, 0) is 48.2 Å². The van der Waals surface area contributed by atoms with Crippen molar-refractivity contribution in [2.24, 2.45) is 5.92 Å². The number of esters is 1. The van der Waals surface area contributed by atoms with Gasteiger partial charge in [0.15, 0.2) is 23.0 Å².